The van der Waals surface area contributed by atoms with Gasteiger partial charge in [-0.15, -0.1) is 0 Å². The molecule has 2 heterocycles. The highest BCUT2D eigenvalue weighted by Gasteiger charge is 2.39. The molecule has 3 unspecified atom stereocenters. The minimum absolute atomic E-state index is 0.0369. The van der Waals surface area contributed by atoms with Gasteiger partial charge in [-0.25, -0.2) is 4.39 Å². The number of rotatable bonds is 7. The summed E-state index contributed by atoms with van der Waals surface area (Å²) in [5, 5.41) is 13.6. The second-order valence-electron chi connectivity index (χ2n) is 9.57. The topological polar surface area (TPSA) is 84.2 Å². The number of nitrogens with zero attached hydrogens (tertiary/aromatic N) is 1. The monoisotopic (exact) mass is 470 g/mol. The van der Waals surface area contributed by atoms with Crippen LogP contribution in [0.4, 0.5) is 4.39 Å². The van der Waals surface area contributed by atoms with Crippen LogP contribution >= 0.6 is 0 Å². The van der Waals surface area contributed by atoms with Gasteiger partial charge < -0.3 is 24.3 Å². The summed E-state index contributed by atoms with van der Waals surface area (Å²) in [6.07, 6.45) is -2.59. The van der Waals surface area contributed by atoms with Crippen LogP contribution in [0.1, 0.15) is 42.5 Å². The number of benzene rings is 2. The third-order valence-corrected chi connectivity index (χ3v) is 5.68. The van der Waals surface area contributed by atoms with Crippen molar-refractivity contribution in [3.8, 4) is 5.75 Å². The van der Waals surface area contributed by atoms with Crippen LogP contribution in [-0.2, 0) is 11.3 Å². The number of alkyl halides is 1. The Bertz CT molecular complexity index is 1140. The highest BCUT2D eigenvalue weighted by molar-refractivity contribution is 6.07. The third kappa shape index (κ3) is 5.58. The lowest BCUT2D eigenvalue weighted by Gasteiger charge is -2.29. The van der Waals surface area contributed by atoms with Gasteiger partial charge in [0.15, 0.2) is 0 Å². The van der Waals surface area contributed by atoms with E-state index in [9.17, 15) is 14.3 Å². The molecule has 3 aromatic rings. The molecule has 1 aromatic heterocycles. The minimum atomic E-state index is -1.34. The Kier molecular flexibility index (Phi) is 6.93. The van der Waals surface area contributed by atoms with Crippen LogP contribution in [0.3, 0.4) is 0 Å². The van der Waals surface area contributed by atoms with E-state index in [1.54, 1.807) is 25.1 Å². The molecule has 4 rings (SSSR count). The molecular weight excluding hydrogens is 439 g/mol. The second kappa shape index (κ2) is 9.74. The van der Waals surface area contributed by atoms with E-state index in [1.807, 2.05) is 51.1 Å². The third-order valence-electron chi connectivity index (χ3n) is 5.68. The molecule has 2 N–H and O–H groups in total. The van der Waals surface area contributed by atoms with Crippen molar-refractivity contribution >= 4 is 16.9 Å². The van der Waals surface area contributed by atoms with Crippen LogP contribution in [0.5, 0.6) is 5.75 Å². The number of hydrogen-bond acceptors (Lipinski definition) is 6. The van der Waals surface area contributed by atoms with Gasteiger partial charge in [0.05, 0.1) is 17.2 Å². The Morgan fingerprint density at radius 1 is 1.24 bits per heavy atom. The molecule has 34 heavy (non-hydrogen) atoms. The van der Waals surface area contributed by atoms with E-state index >= 15 is 0 Å². The van der Waals surface area contributed by atoms with Gasteiger partial charge in [-0.2, -0.15) is 0 Å². The highest BCUT2D eigenvalue weighted by atomic mass is 19.1. The fraction of sp³-hybridized carbons (Fsp3) is 0.423. The zero-order valence-electron chi connectivity index (χ0n) is 19.9. The summed E-state index contributed by atoms with van der Waals surface area (Å²) in [7, 11) is 0. The molecular formula is C26H31FN2O5. The van der Waals surface area contributed by atoms with Crippen molar-refractivity contribution in [3.63, 3.8) is 0 Å². The zero-order chi connectivity index (χ0) is 24.5. The van der Waals surface area contributed by atoms with Crippen molar-refractivity contribution in [3.05, 3.63) is 65.4 Å². The van der Waals surface area contributed by atoms with Crippen LogP contribution in [0.15, 0.2) is 52.9 Å². The first-order chi connectivity index (χ1) is 16.1. The Hall–Kier alpha value is -2.94. The van der Waals surface area contributed by atoms with Crippen molar-refractivity contribution in [1.82, 2.24) is 10.2 Å². The summed E-state index contributed by atoms with van der Waals surface area (Å²) in [5.74, 6) is 0.607. The largest absolute Gasteiger partial charge is 0.489 e. The number of hydrogen-bond donors (Lipinski definition) is 2. The summed E-state index contributed by atoms with van der Waals surface area (Å²) in [5.41, 5.74) is 1.34. The number of amides is 1. The first-order valence-electron chi connectivity index (χ1n) is 11.4. The van der Waals surface area contributed by atoms with E-state index < -0.39 is 30.1 Å². The Morgan fingerprint density at radius 3 is 2.68 bits per heavy atom. The maximum absolute atomic E-state index is 14.7. The molecule has 1 amide bonds. The number of nitrogens with one attached hydrogen (secondary N) is 1. The molecule has 182 valence electrons. The summed E-state index contributed by atoms with van der Waals surface area (Å²) in [6.45, 7) is 7.61. The Labute approximate surface area is 198 Å². The van der Waals surface area contributed by atoms with Gasteiger partial charge in [-0.05, 0) is 51.5 Å². The number of aryl methyl sites for hydroxylation is 1. The molecule has 1 saturated heterocycles. The van der Waals surface area contributed by atoms with Crippen molar-refractivity contribution in [1.29, 1.82) is 0 Å². The van der Waals surface area contributed by atoms with Crippen molar-refractivity contribution in [2.24, 2.45) is 0 Å². The molecule has 8 heteroatoms. The van der Waals surface area contributed by atoms with Crippen molar-refractivity contribution in [2.75, 3.05) is 13.1 Å². The van der Waals surface area contributed by atoms with Gasteiger partial charge in [-0.1, -0.05) is 30.3 Å². The van der Waals surface area contributed by atoms with Crippen LogP contribution in [0.25, 0.3) is 11.0 Å². The van der Waals surface area contributed by atoms with Gasteiger partial charge in [-0.3, -0.25) is 9.69 Å². The lowest BCUT2D eigenvalue weighted by Crippen LogP contribution is -2.44. The average Bonchev–Trinajstić information content (AvgIpc) is 3.30. The summed E-state index contributed by atoms with van der Waals surface area (Å²) >= 11 is 0. The predicted molar refractivity (Wildman–Crippen MR) is 126 cm³/mol. The Balaban J connectivity index is 1.47. The van der Waals surface area contributed by atoms with Crippen LogP contribution < -0.4 is 10.1 Å². The van der Waals surface area contributed by atoms with Gasteiger partial charge in [0.25, 0.3) is 5.91 Å². The van der Waals surface area contributed by atoms with E-state index in [2.05, 4.69) is 5.32 Å². The molecule has 1 aliphatic rings. The highest BCUT2D eigenvalue weighted by Crippen LogP contribution is 2.30. The fourth-order valence-electron chi connectivity index (χ4n) is 4.05. The van der Waals surface area contributed by atoms with Gasteiger partial charge in [0.2, 0.25) is 6.41 Å². The number of aliphatic hydroxyl groups excluding tert-OH is 1. The smallest absolute Gasteiger partial charge is 0.255 e. The summed E-state index contributed by atoms with van der Waals surface area (Å²) in [4.78, 5) is 14.6. The van der Waals surface area contributed by atoms with Gasteiger partial charge in [0, 0.05) is 18.5 Å². The normalized spacial score (nSPS) is 19.9. The quantitative estimate of drug-likeness (QED) is 0.505. The molecule has 0 bridgehead atoms. The van der Waals surface area contributed by atoms with Gasteiger partial charge in [0.1, 0.15) is 29.9 Å². The number of furan rings is 1. The number of likely N-dealkylation sites (tertiary alicyclic amines) is 1. The molecule has 0 spiro atoms. The van der Waals surface area contributed by atoms with E-state index in [1.165, 1.54) is 4.90 Å². The van der Waals surface area contributed by atoms with Gasteiger partial charge >= 0.3 is 0 Å². The lowest BCUT2D eigenvalue weighted by molar-refractivity contribution is -0.234. The number of fused-ring (bicyclic) bond motifs is 1. The van der Waals surface area contributed by atoms with E-state index in [4.69, 9.17) is 13.9 Å². The maximum Gasteiger partial charge on any atom is 0.255 e. The van der Waals surface area contributed by atoms with E-state index in [0.29, 0.717) is 34.6 Å². The first kappa shape index (κ1) is 24.2. The Morgan fingerprint density at radius 2 is 1.97 bits per heavy atom. The van der Waals surface area contributed by atoms with Crippen molar-refractivity contribution in [2.45, 2.75) is 58.5 Å². The second-order valence-corrected chi connectivity index (χ2v) is 9.57. The molecule has 3 atom stereocenters. The number of aliphatic hydroxyl groups is 1. The molecule has 1 fully saturated rings. The van der Waals surface area contributed by atoms with E-state index in [-0.39, 0.29) is 13.1 Å². The van der Waals surface area contributed by atoms with E-state index in [0.717, 1.165) is 5.56 Å². The maximum atomic E-state index is 14.7. The molecule has 0 radical (unpaired) electrons. The number of ether oxygens (including phenoxy) is 2. The standard InChI is InChI=1S/C26H31FN2O5/c1-16-23(24(30)28-21-14-29(13-20(21)27)25(31)34-26(2,3)4)19-12-18(10-11-22(19)33-16)32-15-17-8-6-5-7-9-17/h5-12,20-21,25,31H,13-15H2,1-4H3,(H,28,30). The van der Waals surface area contributed by atoms with Crippen molar-refractivity contribution < 1.29 is 28.2 Å². The molecule has 0 saturated carbocycles. The predicted octanol–water partition coefficient (Wildman–Crippen LogP) is 4.16. The lowest BCUT2D eigenvalue weighted by atomic mass is 10.1. The zero-order valence-corrected chi connectivity index (χ0v) is 19.9. The summed E-state index contributed by atoms with van der Waals surface area (Å²) < 4.78 is 31.9. The fourth-order valence-corrected chi connectivity index (χ4v) is 4.05. The molecule has 7 nitrogen and oxygen atoms in total. The van der Waals surface area contributed by atoms with Crippen LogP contribution in [-0.4, -0.2) is 53.2 Å². The van der Waals surface area contributed by atoms with Crippen LogP contribution in [0.2, 0.25) is 0 Å². The number of halogens is 1. The summed E-state index contributed by atoms with van der Waals surface area (Å²) in [6, 6.07) is 14.3. The number of carbonyl (C=O) groups excluding carboxylic acids is 1. The molecule has 2 aromatic carbocycles. The number of carbonyl (C=O) groups is 1. The molecule has 1 aliphatic heterocycles. The average molecular weight is 471 g/mol. The minimum Gasteiger partial charge on any atom is -0.489 e. The van der Waals surface area contributed by atoms with Crippen LogP contribution in [0, 0.1) is 6.92 Å². The SMILES string of the molecule is Cc1oc2ccc(OCc3ccccc3)cc2c1C(=O)NC1CN(C(O)OC(C)(C)C)CC1F. The first-order valence-corrected chi connectivity index (χ1v) is 11.4. The molecule has 0 aliphatic carbocycles.